The molecule has 1 amide bonds. The van der Waals surface area contributed by atoms with Crippen LogP contribution in [0, 0.1) is 0 Å². The molecule has 7 nitrogen and oxygen atoms in total. The smallest absolute Gasteiger partial charge is 0.304 e. The van der Waals surface area contributed by atoms with E-state index in [1.54, 1.807) is 0 Å². The molecule has 0 fully saturated rings. The summed E-state index contributed by atoms with van der Waals surface area (Å²) in [6, 6.07) is 0. The van der Waals surface area contributed by atoms with Crippen LogP contribution in [0.5, 0.6) is 0 Å². The molecule has 0 radical (unpaired) electrons. The van der Waals surface area contributed by atoms with Gasteiger partial charge in [0, 0.05) is 0 Å². The van der Waals surface area contributed by atoms with Crippen LogP contribution >= 0.6 is 0 Å². The number of hydrogen-bond donors (Lipinski definition) is 3. The largest absolute Gasteiger partial charge is 0.481 e. The van der Waals surface area contributed by atoms with Crippen LogP contribution in [-0.4, -0.2) is 37.7 Å². The Balaban J connectivity index is 3.95. The number of nitrogens with one attached hydrogen (secondary N) is 1. The fourth-order valence-corrected chi connectivity index (χ4v) is 1.42. The number of hydrogen-bond acceptors (Lipinski definition) is 4. The van der Waals surface area contributed by atoms with E-state index in [2.05, 4.69) is 5.73 Å². The average molecular weight is 210 g/mol. The predicted octanol–water partition coefficient (Wildman–Crippen LogP) is -2.13. The normalized spacial score (nSPS) is 11.1. The fourth-order valence-electron chi connectivity index (χ4n) is 0.475. The summed E-state index contributed by atoms with van der Waals surface area (Å²) in [5.41, 5.74) is 4.67. The number of carboxylic acid groups (broad SMARTS) is 1. The third-order valence-corrected chi connectivity index (χ3v) is 2.38. The molecule has 0 aliphatic rings. The monoisotopic (exact) mass is 210 g/mol. The molecule has 13 heavy (non-hydrogen) atoms. The van der Waals surface area contributed by atoms with Gasteiger partial charge in [-0.15, -0.1) is 0 Å². The van der Waals surface area contributed by atoms with E-state index in [0.29, 0.717) is 0 Å². The molecular formula is C5H10N2O5S. The summed E-state index contributed by atoms with van der Waals surface area (Å²) < 4.78 is 23.6. The molecule has 0 spiro atoms. The number of primary amides is 1. The van der Waals surface area contributed by atoms with E-state index in [1.807, 2.05) is 4.72 Å². The van der Waals surface area contributed by atoms with Gasteiger partial charge in [0.2, 0.25) is 15.9 Å². The highest BCUT2D eigenvalue weighted by atomic mass is 32.2. The Bertz CT molecular complexity index is 272. The third kappa shape index (κ3) is 7.22. The molecule has 0 saturated heterocycles. The highest BCUT2D eigenvalue weighted by Crippen LogP contribution is 1.88. The van der Waals surface area contributed by atoms with Crippen molar-refractivity contribution in [1.82, 2.24) is 4.72 Å². The Morgan fingerprint density at radius 1 is 1.38 bits per heavy atom. The Morgan fingerprint density at radius 2 is 1.92 bits per heavy atom. The van der Waals surface area contributed by atoms with Crippen molar-refractivity contribution in [3.63, 3.8) is 0 Å². The number of carbonyl (C=O) groups excluding carboxylic acids is 1. The zero-order valence-corrected chi connectivity index (χ0v) is 7.50. The molecule has 0 aromatic rings. The van der Waals surface area contributed by atoms with E-state index in [4.69, 9.17) is 5.11 Å². The van der Waals surface area contributed by atoms with Crippen molar-refractivity contribution in [3.8, 4) is 0 Å². The first-order valence-corrected chi connectivity index (χ1v) is 4.96. The van der Waals surface area contributed by atoms with Crippen molar-refractivity contribution in [3.05, 3.63) is 0 Å². The van der Waals surface area contributed by atoms with Crippen LogP contribution in [0.2, 0.25) is 0 Å². The molecule has 76 valence electrons. The molecule has 0 heterocycles. The first-order valence-electron chi connectivity index (χ1n) is 3.31. The van der Waals surface area contributed by atoms with Gasteiger partial charge in [0.25, 0.3) is 0 Å². The molecule has 0 bridgehead atoms. The highest BCUT2D eigenvalue weighted by Gasteiger charge is 2.12. The molecule has 0 aromatic heterocycles. The Morgan fingerprint density at radius 3 is 2.31 bits per heavy atom. The Labute approximate surface area is 75.0 Å². The summed E-state index contributed by atoms with van der Waals surface area (Å²) in [5, 5.41) is 8.17. The van der Waals surface area contributed by atoms with E-state index in [1.165, 1.54) is 0 Å². The summed E-state index contributed by atoms with van der Waals surface area (Å²) in [5.74, 6) is -2.60. The number of rotatable bonds is 6. The van der Waals surface area contributed by atoms with E-state index >= 15 is 0 Å². The van der Waals surface area contributed by atoms with Crippen LogP contribution in [0.1, 0.15) is 6.42 Å². The van der Waals surface area contributed by atoms with Gasteiger partial charge in [0.15, 0.2) is 0 Å². The van der Waals surface area contributed by atoms with Crippen LogP contribution < -0.4 is 10.5 Å². The van der Waals surface area contributed by atoms with Crippen molar-refractivity contribution in [2.45, 2.75) is 6.42 Å². The summed E-state index contributed by atoms with van der Waals surface area (Å²) in [7, 11) is -3.70. The number of carbonyl (C=O) groups is 2. The molecule has 0 unspecified atom stereocenters. The minimum absolute atomic E-state index is 0.506. The predicted molar refractivity (Wildman–Crippen MR) is 43.2 cm³/mol. The lowest BCUT2D eigenvalue weighted by Gasteiger charge is -2.01. The minimum atomic E-state index is -3.70. The first-order chi connectivity index (χ1) is 5.83. The second-order valence-corrected chi connectivity index (χ2v) is 4.18. The van der Waals surface area contributed by atoms with Crippen LogP contribution in [0.25, 0.3) is 0 Å². The van der Waals surface area contributed by atoms with Crippen LogP contribution in [0.15, 0.2) is 0 Å². The molecule has 0 aromatic carbocycles. The molecule has 0 aliphatic heterocycles. The van der Waals surface area contributed by atoms with Gasteiger partial charge in [-0.3, -0.25) is 9.59 Å². The minimum Gasteiger partial charge on any atom is -0.481 e. The van der Waals surface area contributed by atoms with Crippen molar-refractivity contribution < 1.29 is 23.1 Å². The van der Waals surface area contributed by atoms with Gasteiger partial charge >= 0.3 is 5.97 Å². The van der Waals surface area contributed by atoms with Crippen molar-refractivity contribution >= 4 is 21.9 Å². The highest BCUT2D eigenvalue weighted by molar-refractivity contribution is 7.89. The lowest BCUT2D eigenvalue weighted by Crippen LogP contribution is -2.35. The van der Waals surface area contributed by atoms with E-state index in [9.17, 15) is 18.0 Å². The topological polar surface area (TPSA) is 127 Å². The standard InChI is InChI=1S/C5H10N2O5S/c6-4(8)3-7-13(11,12)2-1-5(9)10/h7H,1-3H2,(H2,6,8)(H,9,10). The van der Waals surface area contributed by atoms with Crippen LogP contribution in [-0.2, 0) is 19.6 Å². The van der Waals surface area contributed by atoms with Crippen LogP contribution in [0.4, 0.5) is 0 Å². The zero-order chi connectivity index (χ0) is 10.5. The molecule has 4 N–H and O–H groups in total. The summed E-state index contributed by atoms with van der Waals surface area (Å²) in [4.78, 5) is 20.2. The summed E-state index contributed by atoms with van der Waals surface area (Å²) in [6.07, 6.45) is -0.506. The second kappa shape index (κ2) is 4.77. The molecule has 0 atom stereocenters. The SMILES string of the molecule is NC(=O)CNS(=O)(=O)CCC(=O)O. The maximum absolute atomic E-state index is 10.9. The molecule has 0 aliphatic carbocycles. The van der Waals surface area contributed by atoms with Gasteiger partial charge in [-0.25, -0.2) is 13.1 Å². The van der Waals surface area contributed by atoms with Gasteiger partial charge < -0.3 is 10.8 Å². The van der Waals surface area contributed by atoms with Gasteiger partial charge in [-0.2, -0.15) is 0 Å². The molecule has 0 saturated carbocycles. The zero-order valence-electron chi connectivity index (χ0n) is 6.69. The number of aliphatic carboxylic acids is 1. The van der Waals surface area contributed by atoms with Gasteiger partial charge in [0.1, 0.15) is 0 Å². The Kier molecular flexibility index (Phi) is 4.35. The third-order valence-electron chi connectivity index (χ3n) is 1.05. The molecule has 8 heteroatoms. The van der Waals surface area contributed by atoms with Crippen molar-refractivity contribution in [1.29, 1.82) is 0 Å². The van der Waals surface area contributed by atoms with E-state index in [-0.39, 0.29) is 0 Å². The van der Waals surface area contributed by atoms with E-state index < -0.39 is 40.6 Å². The number of sulfonamides is 1. The quantitative estimate of drug-likeness (QED) is 0.461. The summed E-state index contributed by atoms with van der Waals surface area (Å²) >= 11 is 0. The van der Waals surface area contributed by atoms with Gasteiger partial charge in [0.05, 0.1) is 18.7 Å². The van der Waals surface area contributed by atoms with Crippen molar-refractivity contribution in [2.75, 3.05) is 12.3 Å². The lowest BCUT2D eigenvalue weighted by atomic mass is 10.5. The maximum Gasteiger partial charge on any atom is 0.304 e. The molecular weight excluding hydrogens is 200 g/mol. The second-order valence-electron chi connectivity index (χ2n) is 2.25. The molecule has 0 rings (SSSR count). The number of amides is 1. The maximum atomic E-state index is 10.9. The van der Waals surface area contributed by atoms with E-state index in [0.717, 1.165) is 0 Å². The fraction of sp³-hybridized carbons (Fsp3) is 0.600. The van der Waals surface area contributed by atoms with Crippen LogP contribution in [0.3, 0.4) is 0 Å². The van der Waals surface area contributed by atoms with Gasteiger partial charge in [-0.05, 0) is 0 Å². The lowest BCUT2D eigenvalue weighted by molar-refractivity contribution is -0.136. The number of carboxylic acids is 1. The Hall–Kier alpha value is -1.15. The summed E-state index contributed by atoms with van der Waals surface area (Å²) in [6.45, 7) is -0.512. The number of nitrogens with two attached hydrogens (primary N) is 1. The first kappa shape index (κ1) is 11.8. The average Bonchev–Trinajstić information content (AvgIpc) is 1.98. The van der Waals surface area contributed by atoms with Crippen molar-refractivity contribution in [2.24, 2.45) is 5.73 Å². The van der Waals surface area contributed by atoms with Gasteiger partial charge in [-0.1, -0.05) is 0 Å².